The summed E-state index contributed by atoms with van der Waals surface area (Å²) < 4.78 is 0. The molecule has 0 bridgehead atoms. The third kappa shape index (κ3) is 5.01. The highest BCUT2D eigenvalue weighted by atomic mass is 14.9. The summed E-state index contributed by atoms with van der Waals surface area (Å²) in [6.07, 6.45) is 8.47. The van der Waals surface area contributed by atoms with Crippen molar-refractivity contribution in [3.05, 3.63) is 0 Å². The molecular weight excluding hydrogens is 182 g/mol. The van der Waals surface area contributed by atoms with Crippen LogP contribution in [0, 0.1) is 17.8 Å². The SMILES string of the molecule is CCCC(C)CCC(C)C1CCNCC1. The van der Waals surface area contributed by atoms with E-state index in [1.807, 2.05) is 0 Å². The zero-order valence-electron chi connectivity index (χ0n) is 10.9. The summed E-state index contributed by atoms with van der Waals surface area (Å²) in [6, 6.07) is 0. The molecule has 1 aliphatic rings. The fraction of sp³-hybridized carbons (Fsp3) is 1.00. The Morgan fingerprint density at radius 1 is 1.07 bits per heavy atom. The minimum atomic E-state index is 0.944. The van der Waals surface area contributed by atoms with Crippen LogP contribution in [0.5, 0.6) is 0 Å². The highest BCUT2D eigenvalue weighted by molar-refractivity contribution is 4.73. The number of hydrogen-bond acceptors (Lipinski definition) is 1. The van der Waals surface area contributed by atoms with Crippen LogP contribution in [-0.4, -0.2) is 13.1 Å². The smallest absolute Gasteiger partial charge is 0.00462 e. The van der Waals surface area contributed by atoms with Crippen LogP contribution in [0.25, 0.3) is 0 Å². The van der Waals surface area contributed by atoms with Gasteiger partial charge in [-0.2, -0.15) is 0 Å². The molecule has 0 aromatic carbocycles. The van der Waals surface area contributed by atoms with Gasteiger partial charge in [0.15, 0.2) is 0 Å². The zero-order valence-corrected chi connectivity index (χ0v) is 10.9. The van der Waals surface area contributed by atoms with Gasteiger partial charge in [-0.3, -0.25) is 0 Å². The van der Waals surface area contributed by atoms with Crippen molar-refractivity contribution in [1.82, 2.24) is 5.32 Å². The Balaban J connectivity index is 2.13. The first-order valence-corrected chi connectivity index (χ1v) is 6.94. The van der Waals surface area contributed by atoms with E-state index in [0.29, 0.717) is 0 Å². The molecule has 1 rings (SSSR count). The van der Waals surface area contributed by atoms with Gasteiger partial charge in [0.25, 0.3) is 0 Å². The van der Waals surface area contributed by atoms with Crippen molar-refractivity contribution >= 4 is 0 Å². The van der Waals surface area contributed by atoms with E-state index in [4.69, 9.17) is 0 Å². The molecule has 0 aromatic rings. The van der Waals surface area contributed by atoms with Gasteiger partial charge in [-0.15, -0.1) is 0 Å². The molecule has 2 atom stereocenters. The molecule has 0 amide bonds. The van der Waals surface area contributed by atoms with Crippen LogP contribution >= 0.6 is 0 Å². The van der Waals surface area contributed by atoms with E-state index in [9.17, 15) is 0 Å². The summed E-state index contributed by atoms with van der Waals surface area (Å²) in [5, 5.41) is 3.45. The van der Waals surface area contributed by atoms with E-state index in [1.54, 1.807) is 0 Å². The molecule has 1 heterocycles. The van der Waals surface area contributed by atoms with Crippen molar-refractivity contribution in [2.24, 2.45) is 17.8 Å². The van der Waals surface area contributed by atoms with Crippen molar-refractivity contribution in [3.8, 4) is 0 Å². The molecule has 0 aliphatic carbocycles. The van der Waals surface area contributed by atoms with Crippen LogP contribution in [0.15, 0.2) is 0 Å². The minimum Gasteiger partial charge on any atom is -0.317 e. The van der Waals surface area contributed by atoms with Gasteiger partial charge >= 0.3 is 0 Å². The van der Waals surface area contributed by atoms with Crippen LogP contribution in [-0.2, 0) is 0 Å². The Bertz CT molecular complexity index is 149. The highest BCUT2D eigenvalue weighted by Crippen LogP contribution is 2.27. The van der Waals surface area contributed by atoms with Crippen LogP contribution in [0.3, 0.4) is 0 Å². The predicted octanol–water partition coefficient (Wildman–Crippen LogP) is 3.84. The molecule has 1 aliphatic heterocycles. The van der Waals surface area contributed by atoms with Gasteiger partial charge in [0.05, 0.1) is 0 Å². The molecule has 1 nitrogen and oxygen atoms in total. The summed E-state index contributed by atoms with van der Waals surface area (Å²) >= 11 is 0. The summed E-state index contributed by atoms with van der Waals surface area (Å²) in [5.74, 6) is 2.89. The van der Waals surface area contributed by atoms with Gasteiger partial charge in [0.1, 0.15) is 0 Å². The third-order valence-corrected chi connectivity index (χ3v) is 4.08. The second-order valence-corrected chi connectivity index (χ2v) is 5.54. The van der Waals surface area contributed by atoms with Crippen LogP contribution in [0.2, 0.25) is 0 Å². The van der Waals surface area contributed by atoms with Gasteiger partial charge in [0.2, 0.25) is 0 Å². The van der Waals surface area contributed by atoms with Gasteiger partial charge in [-0.05, 0) is 43.7 Å². The van der Waals surface area contributed by atoms with Crippen LogP contribution < -0.4 is 5.32 Å². The first-order valence-electron chi connectivity index (χ1n) is 6.94. The molecule has 0 radical (unpaired) electrons. The van der Waals surface area contributed by atoms with E-state index < -0.39 is 0 Å². The number of piperidine rings is 1. The Hall–Kier alpha value is -0.0400. The Morgan fingerprint density at radius 3 is 2.33 bits per heavy atom. The topological polar surface area (TPSA) is 12.0 Å². The monoisotopic (exact) mass is 211 g/mol. The molecule has 0 aromatic heterocycles. The lowest BCUT2D eigenvalue weighted by atomic mass is 9.82. The van der Waals surface area contributed by atoms with Crippen molar-refractivity contribution in [2.75, 3.05) is 13.1 Å². The molecule has 15 heavy (non-hydrogen) atoms. The van der Waals surface area contributed by atoms with E-state index >= 15 is 0 Å². The number of hydrogen-bond donors (Lipinski definition) is 1. The Morgan fingerprint density at radius 2 is 1.73 bits per heavy atom. The highest BCUT2D eigenvalue weighted by Gasteiger charge is 2.19. The molecule has 1 fully saturated rings. The lowest BCUT2D eigenvalue weighted by molar-refractivity contribution is 0.248. The van der Waals surface area contributed by atoms with Crippen LogP contribution in [0.4, 0.5) is 0 Å². The maximum atomic E-state index is 3.45. The average Bonchev–Trinajstić information content (AvgIpc) is 2.27. The summed E-state index contributed by atoms with van der Waals surface area (Å²) in [4.78, 5) is 0. The van der Waals surface area contributed by atoms with Crippen LogP contribution in [0.1, 0.15) is 59.3 Å². The normalized spacial score (nSPS) is 22.6. The number of rotatable bonds is 6. The van der Waals surface area contributed by atoms with Gasteiger partial charge in [-0.25, -0.2) is 0 Å². The average molecular weight is 211 g/mol. The van der Waals surface area contributed by atoms with E-state index in [0.717, 1.165) is 17.8 Å². The summed E-state index contributed by atoms with van der Waals surface area (Å²) in [7, 11) is 0. The van der Waals surface area contributed by atoms with E-state index in [1.165, 1.54) is 51.6 Å². The van der Waals surface area contributed by atoms with Crippen molar-refractivity contribution in [1.29, 1.82) is 0 Å². The molecule has 1 N–H and O–H groups in total. The second-order valence-electron chi connectivity index (χ2n) is 5.54. The molecule has 1 heteroatoms. The quantitative estimate of drug-likeness (QED) is 0.704. The van der Waals surface area contributed by atoms with Crippen molar-refractivity contribution in [2.45, 2.75) is 59.3 Å². The molecule has 0 spiro atoms. The molecule has 1 saturated heterocycles. The lowest BCUT2D eigenvalue weighted by Crippen LogP contribution is -2.30. The molecule has 0 saturated carbocycles. The van der Waals surface area contributed by atoms with Crippen molar-refractivity contribution < 1.29 is 0 Å². The summed E-state index contributed by atoms with van der Waals surface area (Å²) in [6.45, 7) is 9.68. The molecule has 2 unspecified atom stereocenters. The fourth-order valence-corrected chi connectivity index (χ4v) is 2.83. The lowest BCUT2D eigenvalue weighted by Gasteiger charge is -2.28. The van der Waals surface area contributed by atoms with Gasteiger partial charge < -0.3 is 5.32 Å². The first kappa shape index (κ1) is 13.0. The van der Waals surface area contributed by atoms with Gasteiger partial charge in [0, 0.05) is 0 Å². The van der Waals surface area contributed by atoms with E-state index in [-0.39, 0.29) is 0 Å². The fourth-order valence-electron chi connectivity index (χ4n) is 2.83. The van der Waals surface area contributed by atoms with Gasteiger partial charge in [-0.1, -0.05) is 46.5 Å². The maximum Gasteiger partial charge on any atom is -0.00462 e. The Labute approximate surface area is 96.0 Å². The maximum absolute atomic E-state index is 3.45. The molecule has 90 valence electrons. The predicted molar refractivity (Wildman–Crippen MR) is 68.1 cm³/mol. The Kier molecular flexibility index (Phi) is 6.31. The second kappa shape index (κ2) is 7.27. The first-order chi connectivity index (χ1) is 7.24. The molecular formula is C14H29N. The van der Waals surface area contributed by atoms with Crippen molar-refractivity contribution in [3.63, 3.8) is 0 Å². The third-order valence-electron chi connectivity index (χ3n) is 4.08. The number of nitrogens with one attached hydrogen (secondary N) is 1. The summed E-state index contributed by atoms with van der Waals surface area (Å²) in [5.41, 5.74) is 0. The van der Waals surface area contributed by atoms with E-state index in [2.05, 4.69) is 26.1 Å². The standard InChI is InChI=1S/C14H29N/c1-4-5-12(2)6-7-13(3)14-8-10-15-11-9-14/h12-15H,4-11H2,1-3H3. The zero-order chi connectivity index (χ0) is 11.1. The minimum absolute atomic E-state index is 0.944. The largest absolute Gasteiger partial charge is 0.317 e.